The average molecular weight is 728 g/mol. The van der Waals surface area contributed by atoms with Gasteiger partial charge in [-0.15, -0.1) is 0 Å². The van der Waals surface area contributed by atoms with Crippen molar-refractivity contribution in [3.8, 4) is 0 Å². The maximum atomic E-state index is 13.8. The summed E-state index contributed by atoms with van der Waals surface area (Å²) < 4.78 is 0.277. The van der Waals surface area contributed by atoms with Gasteiger partial charge in [-0.05, 0) is 37.5 Å². The van der Waals surface area contributed by atoms with Gasteiger partial charge in [0.1, 0.15) is 24.2 Å². The Morgan fingerprint density at radius 2 is 1.31 bits per heavy atom. The smallest absolute Gasteiger partial charge is 0.326 e. The van der Waals surface area contributed by atoms with Crippen LogP contribution in [0.15, 0.2) is 9.98 Å². The van der Waals surface area contributed by atoms with Crippen LogP contribution in [0.25, 0.3) is 0 Å². The van der Waals surface area contributed by atoms with Crippen LogP contribution in [-0.2, 0) is 28.8 Å². The Kier molecular flexibility index (Phi) is 20.2. The van der Waals surface area contributed by atoms with E-state index in [9.17, 15) is 33.9 Å². The number of primary amides is 1. The third-order valence-corrected chi connectivity index (χ3v) is 8.26. The van der Waals surface area contributed by atoms with E-state index in [1.807, 2.05) is 21.1 Å². The van der Waals surface area contributed by atoms with Crippen LogP contribution in [0.5, 0.6) is 0 Å². The first-order chi connectivity index (χ1) is 23.5. The number of amides is 5. The maximum Gasteiger partial charge on any atom is 0.326 e. The number of rotatable bonds is 23. The summed E-state index contributed by atoms with van der Waals surface area (Å²) in [7, 11) is 8.35. The normalized spacial score (nSPS) is 14.8. The Hall–Kier alpha value is -4.68. The number of quaternary nitrogens is 1. The Morgan fingerprint density at radius 3 is 1.76 bits per heavy atom. The highest BCUT2D eigenvalue weighted by Gasteiger charge is 2.38. The molecule has 13 N–H and O–H groups in total. The molecule has 51 heavy (non-hydrogen) atoms. The van der Waals surface area contributed by atoms with E-state index in [1.54, 1.807) is 27.7 Å². The summed E-state index contributed by atoms with van der Waals surface area (Å²) in [6.45, 7) is 7.58. The fourth-order valence-electron chi connectivity index (χ4n) is 5.21. The van der Waals surface area contributed by atoms with E-state index in [-0.39, 0.29) is 47.5 Å². The van der Waals surface area contributed by atoms with Crippen molar-refractivity contribution in [1.82, 2.24) is 26.2 Å². The Labute approximate surface area is 301 Å². The van der Waals surface area contributed by atoms with Crippen molar-refractivity contribution in [1.29, 1.82) is 0 Å². The Balaban J connectivity index is 6.17. The number of nitrogens with one attached hydrogen (secondary N) is 4. The van der Waals surface area contributed by atoms with Crippen LogP contribution in [0.3, 0.4) is 0 Å². The van der Waals surface area contributed by atoms with Crippen LogP contribution in [0.4, 0.5) is 0 Å². The zero-order valence-electron chi connectivity index (χ0n) is 31.7. The van der Waals surface area contributed by atoms with E-state index in [1.165, 1.54) is 14.1 Å². The van der Waals surface area contributed by atoms with Crippen LogP contribution < -0.4 is 44.2 Å². The highest BCUT2D eigenvalue weighted by molar-refractivity contribution is 5.95. The number of carbonyl (C=O) groups is 6. The zero-order chi connectivity index (χ0) is 39.6. The predicted molar refractivity (Wildman–Crippen MR) is 195 cm³/mol. The van der Waals surface area contributed by atoms with E-state index in [0.29, 0.717) is 32.4 Å². The van der Waals surface area contributed by atoms with Crippen molar-refractivity contribution in [2.24, 2.45) is 44.8 Å². The Bertz CT molecular complexity index is 1250. The molecule has 0 aromatic heterocycles. The summed E-state index contributed by atoms with van der Waals surface area (Å²) in [5.41, 5.74) is 21.7. The molecule has 0 spiro atoms. The second-order valence-electron chi connectivity index (χ2n) is 14.1. The van der Waals surface area contributed by atoms with Crippen LogP contribution in [0, 0.1) is 11.8 Å². The number of carbonyl (C=O) groups excluding carboxylic acids is 5. The van der Waals surface area contributed by atoms with E-state index < -0.39 is 65.7 Å². The van der Waals surface area contributed by atoms with Gasteiger partial charge in [-0.3, -0.25) is 34.0 Å². The number of likely N-dealkylation sites (N-methyl/N-ethyl adjacent to an activating group) is 2. The highest BCUT2D eigenvalue weighted by Crippen LogP contribution is 2.15. The molecule has 5 unspecified atom stereocenters. The van der Waals surface area contributed by atoms with E-state index in [0.717, 1.165) is 4.90 Å². The molecular formula is C32H63N12O7+. The highest BCUT2D eigenvalue weighted by atomic mass is 16.4. The zero-order valence-corrected chi connectivity index (χ0v) is 31.7. The molecule has 0 aromatic carbocycles. The summed E-state index contributed by atoms with van der Waals surface area (Å²) in [6.07, 6.45) is 0.866. The standard InChI is InChI=1S/C32H62N12O7/c1-18(2)24(42-28(48)25(19(3)4)41-26(46)22(44(7,8)9)13-11-16-38-31(34)35)27(47)40-20(12-10-17-39-32(36)37-5)29(49)43(6)21(30(50)51)14-15-23(33)45/h18-22,24-25H,10-17H2,1-9H3,(H12-,33,34,35,36,37,38,39,40,41,42,45,46,47,48,50,51)/p+1. The number of aliphatic imine (C=N–C) groups is 2. The average Bonchev–Trinajstić information content (AvgIpc) is 3.01. The molecule has 19 heteroatoms. The second kappa shape index (κ2) is 22.2. The van der Waals surface area contributed by atoms with Crippen molar-refractivity contribution in [3.05, 3.63) is 0 Å². The first-order valence-corrected chi connectivity index (χ1v) is 17.1. The molecular weight excluding hydrogens is 664 g/mol. The molecule has 0 bridgehead atoms. The van der Waals surface area contributed by atoms with Crippen molar-refractivity contribution in [3.63, 3.8) is 0 Å². The van der Waals surface area contributed by atoms with Crippen LogP contribution in [-0.4, -0.2) is 140 Å². The van der Waals surface area contributed by atoms with E-state index in [4.69, 9.17) is 22.9 Å². The molecule has 19 nitrogen and oxygen atoms in total. The molecule has 0 aliphatic carbocycles. The minimum Gasteiger partial charge on any atom is -0.480 e. The molecule has 0 aliphatic rings. The van der Waals surface area contributed by atoms with E-state index >= 15 is 0 Å². The third kappa shape index (κ3) is 17.2. The van der Waals surface area contributed by atoms with Crippen molar-refractivity contribution in [2.75, 3.05) is 48.3 Å². The topological polar surface area (TPSA) is 303 Å². The molecule has 0 rings (SSSR count). The monoisotopic (exact) mass is 727 g/mol. The SMILES string of the molecule is CN=C(N)NCCCC(NC(=O)C(NC(=O)C(NC(=O)C(CCCN=C(N)N)[N+](C)(C)C)C(C)C)C(C)C)C(=O)N(C)C(CCC(N)=O)C(=O)O. The lowest BCUT2D eigenvalue weighted by molar-refractivity contribution is -0.886. The van der Waals surface area contributed by atoms with Gasteiger partial charge in [-0.25, -0.2) is 4.79 Å². The molecule has 0 radical (unpaired) electrons. The van der Waals surface area contributed by atoms with Gasteiger partial charge in [0, 0.05) is 40.0 Å². The molecule has 5 amide bonds. The largest absolute Gasteiger partial charge is 0.480 e. The van der Waals surface area contributed by atoms with Gasteiger partial charge in [0.25, 0.3) is 5.91 Å². The minimum atomic E-state index is -1.39. The molecule has 5 atom stereocenters. The second-order valence-corrected chi connectivity index (χ2v) is 14.1. The van der Waals surface area contributed by atoms with Crippen LogP contribution in [0.1, 0.15) is 66.2 Å². The summed E-state index contributed by atoms with van der Waals surface area (Å²) in [6, 6.07) is -5.25. The van der Waals surface area contributed by atoms with Crippen molar-refractivity contribution < 1.29 is 38.4 Å². The molecule has 0 saturated heterocycles. The van der Waals surface area contributed by atoms with Crippen LogP contribution >= 0.6 is 0 Å². The molecule has 0 aromatic rings. The lowest BCUT2D eigenvalue weighted by Crippen LogP contribution is -2.62. The molecule has 292 valence electrons. The lowest BCUT2D eigenvalue weighted by Gasteiger charge is -2.35. The van der Waals surface area contributed by atoms with Crippen molar-refractivity contribution in [2.45, 2.75) is 96.4 Å². The Morgan fingerprint density at radius 1 is 0.784 bits per heavy atom. The minimum absolute atomic E-state index is 0.0435. The third-order valence-electron chi connectivity index (χ3n) is 8.26. The fraction of sp³-hybridized carbons (Fsp3) is 0.750. The number of aliphatic carboxylic acids is 1. The van der Waals surface area contributed by atoms with Crippen molar-refractivity contribution >= 4 is 47.4 Å². The van der Waals surface area contributed by atoms with Gasteiger partial charge in [-0.1, -0.05) is 27.7 Å². The number of hydrogen-bond acceptors (Lipinski definition) is 8. The summed E-state index contributed by atoms with van der Waals surface area (Å²) in [5.74, 6) is -5.11. The molecule has 0 aliphatic heterocycles. The number of carboxylic acid groups (broad SMARTS) is 1. The summed E-state index contributed by atoms with van der Waals surface area (Å²) in [5, 5.41) is 20.9. The van der Waals surface area contributed by atoms with Crippen LogP contribution in [0.2, 0.25) is 0 Å². The van der Waals surface area contributed by atoms with Gasteiger partial charge in [0.15, 0.2) is 18.0 Å². The van der Waals surface area contributed by atoms with E-state index in [2.05, 4.69) is 31.3 Å². The quantitative estimate of drug-likeness (QED) is 0.0227. The lowest BCUT2D eigenvalue weighted by atomic mass is 9.98. The first-order valence-electron chi connectivity index (χ1n) is 17.1. The number of hydrogen-bond donors (Lipinski definition) is 9. The first kappa shape index (κ1) is 46.3. The molecule has 0 fully saturated rings. The van der Waals surface area contributed by atoms with Gasteiger partial charge in [0.05, 0.1) is 21.1 Å². The van der Waals surface area contributed by atoms with Gasteiger partial charge >= 0.3 is 5.97 Å². The van der Waals surface area contributed by atoms with Gasteiger partial charge in [0.2, 0.25) is 23.6 Å². The predicted octanol–water partition coefficient (Wildman–Crippen LogP) is -2.63. The summed E-state index contributed by atoms with van der Waals surface area (Å²) in [4.78, 5) is 86.8. The maximum absolute atomic E-state index is 13.8. The molecule has 0 saturated carbocycles. The van der Waals surface area contributed by atoms with Gasteiger partial charge in [-0.2, -0.15) is 0 Å². The number of guanidine groups is 2. The molecule has 0 heterocycles. The summed E-state index contributed by atoms with van der Waals surface area (Å²) >= 11 is 0. The fourth-order valence-corrected chi connectivity index (χ4v) is 5.21. The number of nitrogens with zero attached hydrogens (tertiary/aromatic N) is 4. The van der Waals surface area contributed by atoms with Gasteiger partial charge < -0.3 is 58.7 Å². The number of nitrogens with two attached hydrogens (primary N) is 4. The number of carboxylic acids is 1.